The lowest BCUT2D eigenvalue weighted by molar-refractivity contribution is -0.438. The van der Waals surface area contributed by atoms with Crippen LogP contribution in [0.15, 0.2) is 83.6 Å². The number of unbranched alkanes of at least 4 members (excludes halogenated alkanes) is 9. The van der Waals surface area contributed by atoms with Crippen molar-refractivity contribution in [1.82, 2.24) is 4.57 Å². The fourth-order valence-electron chi connectivity index (χ4n) is 9.07. The molecular weight excluding hydrogens is 709 g/mol. The quantitative estimate of drug-likeness (QED) is 0.0513. The number of nitrogens with zero attached hydrogens (tertiary/aromatic N) is 2. The SMILES string of the molecule is CCCCCCCC[N+]1=C(/C=C2\C(=O)C(/C=c3\c4cccc5c(OCCCC)ccc(c54)n3CCCCCC)=C2[O-])C(C)(C)c2c1ccc1cc(C(=O)O)ccc21. The molecule has 1 N–H and O–H groups in total. The lowest BCUT2D eigenvalue weighted by Crippen LogP contribution is -2.34. The summed E-state index contributed by atoms with van der Waals surface area (Å²) in [5.74, 6) is -0.538. The van der Waals surface area contributed by atoms with Crippen LogP contribution >= 0.6 is 0 Å². The van der Waals surface area contributed by atoms with Crippen molar-refractivity contribution in [3.05, 3.63) is 100 Å². The van der Waals surface area contributed by atoms with Gasteiger partial charge in [-0.1, -0.05) is 102 Å². The third-order valence-electron chi connectivity index (χ3n) is 12.2. The van der Waals surface area contributed by atoms with E-state index in [4.69, 9.17) is 4.74 Å². The van der Waals surface area contributed by atoms with Gasteiger partial charge in [0.15, 0.2) is 11.5 Å². The maximum atomic E-state index is 14.2. The largest absolute Gasteiger partial charge is 0.871 e. The maximum absolute atomic E-state index is 14.2. The summed E-state index contributed by atoms with van der Waals surface area (Å²) < 4.78 is 10.9. The van der Waals surface area contributed by atoms with Gasteiger partial charge in [0, 0.05) is 68.8 Å². The monoisotopic (exact) mass is 766 g/mol. The third-order valence-corrected chi connectivity index (χ3v) is 12.2. The number of aromatic nitrogens is 1. The van der Waals surface area contributed by atoms with E-state index >= 15 is 0 Å². The molecule has 0 saturated heterocycles. The zero-order valence-electron chi connectivity index (χ0n) is 34.5. The first kappa shape index (κ1) is 40.0. The Bertz CT molecular complexity index is 2490. The molecule has 0 atom stereocenters. The van der Waals surface area contributed by atoms with Gasteiger partial charge in [0.2, 0.25) is 5.69 Å². The van der Waals surface area contributed by atoms with Crippen molar-refractivity contribution < 1.29 is 29.1 Å². The Hall–Kier alpha value is -5.17. The molecular formula is C50H58N2O5. The average Bonchev–Trinajstić information content (AvgIpc) is 3.63. The number of aryl methyl sites for hydroxylation is 1. The lowest BCUT2D eigenvalue weighted by Gasteiger charge is -2.29. The van der Waals surface area contributed by atoms with Crippen LogP contribution in [0.4, 0.5) is 5.69 Å². The molecule has 7 heteroatoms. The number of benzene rings is 4. The van der Waals surface area contributed by atoms with Crippen molar-refractivity contribution in [2.75, 3.05) is 13.2 Å². The molecule has 0 saturated carbocycles. The number of carboxylic acid groups (broad SMARTS) is 1. The fraction of sp³-hybridized carbons (Fsp3) is 0.420. The van der Waals surface area contributed by atoms with Crippen molar-refractivity contribution >= 4 is 61.7 Å². The third kappa shape index (κ3) is 7.53. The summed E-state index contributed by atoms with van der Waals surface area (Å²) in [7, 11) is 0. The van der Waals surface area contributed by atoms with Gasteiger partial charge < -0.3 is 19.5 Å². The first-order valence-electron chi connectivity index (χ1n) is 21.4. The van der Waals surface area contributed by atoms with Crippen LogP contribution in [0.25, 0.3) is 38.5 Å². The standard InChI is InChI=1S/C50H58N2O5/c1-6-9-12-14-15-17-28-52-41-24-22-33-30-34(49(55)56)21-23-35(33)46(41)50(4,5)44(52)32-39-47(53)38(48(39)54)31-42-36-19-18-20-37-43(57-29-11-8-3)26-25-40(45(36)37)51(42)27-16-13-10-7-2/h18-26,30-32H,6-17,27-29H2,1-5H3,(H-,53,54,55,56). The second-order valence-electron chi connectivity index (χ2n) is 16.5. The van der Waals surface area contributed by atoms with Gasteiger partial charge in [0.1, 0.15) is 12.3 Å². The smallest absolute Gasteiger partial charge is 0.335 e. The van der Waals surface area contributed by atoms with Crippen LogP contribution < -0.4 is 15.2 Å². The molecule has 298 valence electrons. The number of Topliss-reactive ketones (excluding diaryl/α,β-unsaturated/α-hetero) is 1. The molecule has 2 aliphatic rings. The molecule has 57 heavy (non-hydrogen) atoms. The number of carboxylic acids is 1. The van der Waals surface area contributed by atoms with Gasteiger partial charge in [-0.15, -0.1) is 0 Å². The Labute approximate surface area is 337 Å². The average molecular weight is 767 g/mol. The number of ether oxygens (including phenoxy) is 1. The van der Waals surface area contributed by atoms with Crippen LogP contribution in [0.3, 0.4) is 0 Å². The van der Waals surface area contributed by atoms with Crippen molar-refractivity contribution in [3.8, 4) is 5.75 Å². The Balaban J connectivity index is 1.32. The highest BCUT2D eigenvalue weighted by molar-refractivity contribution is 6.27. The number of fused-ring (bicyclic) bond motifs is 3. The molecule has 1 aromatic heterocycles. The highest BCUT2D eigenvalue weighted by Crippen LogP contribution is 2.45. The molecule has 0 bridgehead atoms. The summed E-state index contributed by atoms with van der Waals surface area (Å²) in [5, 5.41) is 29.9. The van der Waals surface area contributed by atoms with Crippen molar-refractivity contribution in [2.45, 2.75) is 124 Å². The van der Waals surface area contributed by atoms with Gasteiger partial charge in [-0.05, 0) is 80.3 Å². The van der Waals surface area contributed by atoms with Crippen LogP contribution in [0.5, 0.6) is 5.75 Å². The molecule has 4 aromatic carbocycles. The second-order valence-corrected chi connectivity index (χ2v) is 16.5. The number of rotatable bonds is 19. The number of hydrogen-bond donors (Lipinski definition) is 1. The van der Waals surface area contributed by atoms with E-state index in [0.717, 1.165) is 125 Å². The molecule has 7 nitrogen and oxygen atoms in total. The van der Waals surface area contributed by atoms with Crippen molar-refractivity contribution in [1.29, 1.82) is 0 Å². The van der Waals surface area contributed by atoms with Crippen LogP contribution in [0.2, 0.25) is 0 Å². The topological polar surface area (TPSA) is 94.6 Å². The summed E-state index contributed by atoms with van der Waals surface area (Å²) in [6.07, 6.45) is 17.1. The van der Waals surface area contributed by atoms with Crippen molar-refractivity contribution in [3.63, 3.8) is 0 Å². The van der Waals surface area contributed by atoms with E-state index in [1.807, 2.05) is 30.4 Å². The molecule has 1 aliphatic carbocycles. The Kier molecular flexibility index (Phi) is 12.0. The first-order valence-corrected chi connectivity index (χ1v) is 21.4. The first-order chi connectivity index (χ1) is 27.6. The highest BCUT2D eigenvalue weighted by Gasteiger charge is 2.46. The van der Waals surface area contributed by atoms with E-state index in [-0.39, 0.29) is 28.3 Å². The predicted octanol–water partition coefficient (Wildman–Crippen LogP) is 10.5. The number of aromatic carboxylic acids is 1. The Morgan fingerprint density at radius 3 is 2.28 bits per heavy atom. The molecule has 5 aromatic rings. The van der Waals surface area contributed by atoms with Crippen molar-refractivity contribution in [2.24, 2.45) is 0 Å². The minimum absolute atomic E-state index is 0.220. The van der Waals surface area contributed by atoms with Crippen LogP contribution in [0.1, 0.15) is 128 Å². The number of allylic oxidation sites excluding steroid dienone is 3. The molecule has 2 heterocycles. The molecule has 0 radical (unpaired) electrons. The molecule has 1 aliphatic heterocycles. The van der Waals surface area contributed by atoms with E-state index in [1.54, 1.807) is 12.1 Å². The van der Waals surface area contributed by atoms with E-state index < -0.39 is 11.4 Å². The van der Waals surface area contributed by atoms with Crippen LogP contribution in [0, 0.1) is 0 Å². The zero-order valence-corrected chi connectivity index (χ0v) is 34.5. The summed E-state index contributed by atoms with van der Waals surface area (Å²) in [6.45, 7) is 13.1. The molecule has 0 spiro atoms. The molecule has 7 rings (SSSR count). The van der Waals surface area contributed by atoms with E-state index in [9.17, 15) is 19.8 Å². The molecule has 0 fully saturated rings. The van der Waals surface area contributed by atoms with Crippen LogP contribution in [-0.4, -0.2) is 44.9 Å². The summed E-state index contributed by atoms with van der Waals surface area (Å²) in [5.41, 5.74) is 4.31. The summed E-state index contributed by atoms with van der Waals surface area (Å²) in [6, 6.07) is 19.8. The Morgan fingerprint density at radius 2 is 1.54 bits per heavy atom. The maximum Gasteiger partial charge on any atom is 0.335 e. The van der Waals surface area contributed by atoms with E-state index in [0.29, 0.717) is 6.61 Å². The Morgan fingerprint density at radius 1 is 0.825 bits per heavy atom. The number of carbonyl (C=O) groups excluding carboxylic acids is 1. The summed E-state index contributed by atoms with van der Waals surface area (Å²) >= 11 is 0. The van der Waals surface area contributed by atoms with E-state index in [1.165, 1.54) is 25.7 Å². The predicted molar refractivity (Wildman–Crippen MR) is 231 cm³/mol. The second kappa shape index (κ2) is 17.1. The number of carbonyl (C=O) groups is 2. The van der Waals surface area contributed by atoms with Gasteiger partial charge in [0.05, 0.1) is 17.6 Å². The van der Waals surface area contributed by atoms with E-state index in [2.05, 4.69) is 74.1 Å². The molecule has 0 amide bonds. The minimum atomic E-state index is -0.957. The highest BCUT2D eigenvalue weighted by atomic mass is 16.5. The van der Waals surface area contributed by atoms with Gasteiger partial charge in [-0.3, -0.25) is 4.79 Å². The van der Waals surface area contributed by atoms with Gasteiger partial charge >= 0.3 is 5.97 Å². The lowest BCUT2D eigenvalue weighted by atomic mass is 9.77. The summed E-state index contributed by atoms with van der Waals surface area (Å²) in [4.78, 5) is 26.1. The molecule has 0 unspecified atom stereocenters. The van der Waals surface area contributed by atoms with Crippen LogP contribution in [-0.2, 0) is 16.8 Å². The number of hydrogen-bond acceptors (Lipinski definition) is 4. The normalized spacial score (nSPS) is 16.2. The fourth-order valence-corrected chi connectivity index (χ4v) is 9.07. The van der Waals surface area contributed by atoms with Gasteiger partial charge in [-0.25, -0.2) is 4.79 Å². The minimum Gasteiger partial charge on any atom is -0.871 e. The zero-order chi connectivity index (χ0) is 40.3. The van der Waals surface area contributed by atoms with Gasteiger partial charge in [-0.2, -0.15) is 4.58 Å². The van der Waals surface area contributed by atoms with Gasteiger partial charge in [0.25, 0.3) is 0 Å². The number of ketones is 1.